The summed E-state index contributed by atoms with van der Waals surface area (Å²) < 4.78 is 5.55. The molecule has 0 aliphatic rings. The Morgan fingerprint density at radius 1 is 1.40 bits per heavy atom. The normalized spacial score (nSPS) is 10.1. The molecule has 1 aromatic heterocycles. The number of nitrogens with zero attached hydrogens (tertiary/aromatic N) is 3. The van der Waals surface area contributed by atoms with Crippen LogP contribution in [-0.2, 0) is 6.42 Å². The van der Waals surface area contributed by atoms with Gasteiger partial charge in [-0.3, -0.25) is 10.1 Å². The highest BCUT2D eigenvalue weighted by molar-refractivity contribution is 5.52. The Morgan fingerprint density at radius 2 is 2.15 bits per heavy atom. The van der Waals surface area contributed by atoms with Crippen LogP contribution in [0.3, 0.4) is 0 Å². The zero-order valence-corrected chi connectivity index (χ0v) is 10.7. The van der Waals surface area contributed by atoms with E-state index in [-0.39, 0.29) is 17.3 Å². The monoisotopic (exact) mass is 275 g/mol. The number of hydrogen-bond donors (Lipinski definition) is 2. The number of ether oxygens (including phenoxy) is 1. The lowest BCUT2D eigenvalue weighted by Crippen LogP contribution is -2.12. The predicted molar refractivity (Wildman–Crippen MR) is 72.4 cm³/mol. The number of para-hydroxylation sites is 2. The fourth-order valence-electron chi connectivity index (χ4n) is 1.73. The Hall–Kier alpha value is -2.74. The SMILES string of the molecule is CCc1c(NN)ncnc1Oc1ccccc1[N+](=O)[O-]. The number of aromatic nitrogens is 2. The molecule has 3 N–H and O–H groups in total. The van der Waals surface area contributed by atoms with Gasteiger partial charge in [-0.25, -0.2) is 15.8 Å². The minimum Gasteiger partial charge on any atom is -0.431 e. The third-order valence-electron chi connectivity index (χ3n) is 2.66. The van der Waals surface area contributed by atoms with Gasteiger partial charge in [-0.1, -0.05) is 19.1 Å². The van der Waals surface area contributed by atoms with Crippen molar-refractivity contribution in [3.8, 4) is 11.6 Å². The maximum absolute atomic E-state index is 11.0. The summed E-state index contributed by atoms with van der Waals surface area (Å²) in [6.45, 7) is 1.88. The largest absolute Gasteiger partial charge is 0.431 e. The predicted octanol–water partition coefficient (Wildman–Crippen LogP) is 2.03. The van der Waals surface area contributed by atoms with E-state index in [0.717, 1.165) is 0 Å². The van der Waals surface area contributed by atoms with Gasteiger partial charge in [0.05, 0.1) is 10.5 Å². The fourth-order valence-corrected chi connectivity index (χ4v) is 1.73. The van der Waals surface area contributed by atoms with Gasteiger partial charge >= 0.3 is 5.69 Å². The molecule has 0 amide bonds. The first-order chi connectivity index (χ1) is 9.67. The van der Waals surface area contributed by atoms with Crippen LogP contribution in [0.2, 0.25) is 0 Å². The molecule has 0 atom stereocenters. The molecule has 0 spiro atoms. The van der Waals surface area contributed by atoms with Crippen LogP contribution in [0.4, 0.5) is 11.5 Å². The molecule has 2 rings (SSSR count). The summed E-state index contributed by atoms with van der Waals surface area (Å²) in [6, 6.07) is 6.09. The highest BCUT2D eigenvalue weighted by atomic mass is 16.6. The highest BCUT2D eigenvalue weighted by Crippen LogP contribution is 2.32. The number of nitrogens with one attached hydrogen (secondary N) is 1. The molecular weight excluding hydrogens is 262 g/mol. The molecule has 0 saturated carbocycles. The van der Waals surface area contributed by atoms with E-state index in [2.05, 4.69) is 15.4 Å². The zero-order chi connectivity index (χ0) is 14.5. The van der Waals surface area contributed by atoms with Crippen LogP contribution in [0.25, 0.3) is 0 Å². The van der Waals surface area contributed by atoms with E-state index in [1.165, 1.54) is 18.5 Å². The Kier molecular flexibility index (Phi) is 4.06. The smallest absolute Gasteiger partial charge is 0.311 e. The second kappa shape index (κ2) is 5.93. The summed E-state index contributed by atoms with van der Waals surface area (Å²) >= 11 is 0. The lowest BCUT2D eigenvalue weighted by molar-refractivity contribution is -0.385. The van der Waals surface area contributed by atoms with Crippen molar-refractivity contribution < 1.29 is 9.66 Å². The van der Waals surface area contributed by atoms with Crippen molar-refractivity contribution in [1.29, 1.82) is 0 Å². The van der Waals surface area contributed by atoms with Crippen molar-refractivity contribution in [3.05, 3.63) is 46.3 Å². The Morgan fingerprint density at radius 3 is 2.80 bits per heavy atom. The lowest BCUT2D eigenvalue weighted by Gasteiger charge is -2.11. The van der Waals surface area contributed by atoms with Crippen LogP contribution in [0.15, 0.2) is 30.6 Å². The van der Waals surface area contributed by atoms with Gasteiger partial charge in [-0.2, -0.15) is 0 Å². The van der Waals surface area contributed by atoms with E-state index < -0.39 is 4.92 Å². The number of anilines is 1. The average molecular weight is 275 g/mol. The van der Waals surface area contributed by atoms with E-state index >= 15 is 0 Å². The number of rotatable bonds is 5. The maximum Gasteiger partial charge on any atom is 0.311 e. The van der Waals surface area contributed by atoms with Crippen molar-refractivity contribution in [3.63, 3.8) is 0 Å². The average Bonchev–Trinajstić information content (AvgIpc) is 2.47. The molecule has 1 aromatic carbocycles. The summed E-state index contributed by atoms with van der Waals surface area (Å²) in [5.41, 5.74) is 2.96. The minimum atomic E-state index is -0.510. The van der Waals surface area contributed by atoms with Crippen LogP contribution < -0.4 is 16.0 Å². The van der Waals surface area contributed by atoms with Crippen LogP contribution in [0.5, 0.6) is 11.6 Å². The number of nitro benzene ring substituents is 1. The molecule has 104 valence electrons. The molecular formula is C12H13N5O3. The highest BCUT2D eigenvalue weighted by Gasteiger charge is 2.18. The van der Waals surface area contributed by atoms with Gasteiger partial charge in [0.2, 0.25) is 11.6 Å². The van der Waals surface area contributed by atoms with Gasteiger partial charge in [0.25, 0.3) is 0 Å². The number of hydrogen-bond acceptors (Lipinski definition) is 7. The van der Waals surface area contributed by atoms with Crippen molar-refractivity contribution in [1.82, 2.24) is 9.97 Å². The van der Waals surface area contributed by atoms with Gasteiger partial charge in [0.15, 0.2) is 0 Å². The number of nitrogens with two attached hydrogens (primary N) is 1. The number of hydrazine groups is 1. The minimum absolute atomic E-state index is 0.119. The third-order valence-corrected chi connectivity index (χ3v) is 2.66. The molecule has 8 nitrogen and oxygen atoms in total. The summed E-state index contributed by atoms with van der Waals surface area (Å²) in [4.78, 5) is 18.4. The Balaban J connectivity index is 2.43. The standard InChI is InChI=1S/C12H13N5O3/c1-2-8-11(16-13)14-7-15-12(8)20-10-6-4-3-5-9(10)17(18)19/h3-7H,2,13H2,1H3,(H,14,15,16). The van der Waals surface area contributed by atoms with E-state index in [9.17, 15) is 10.1 Å². The summed E-state index contributed by atoms with van der Waals surface area (Å²) in [6.07, 6.45) is 1.84. The van der Waals surface area contributed by atoms with E-state index in [1.54, 1.807) is 12.1 Å². The number of nitrogen functional groups attached to an aromatic ring is 1. The number of nitro groups is 1. The fraction of sp³-hybridized carbons (Fsp3) is 0.167. The van der Waals surface area contributed by atoms with Crippen molar-refractivity contribution in [2.75, 3.05) is 5.43 Å². The quantitative estimate of drug-likeness (QED) is 0.487. The van der Waals surface area contributed by atoms with E-state index in [4.69, 9.17) is 10.6 Å². The van der Waals surface area contributed by atoms with Crippen LogP contribution in [0.1, 0.15) is 12.5 Å². The second-order valence-corrected chi connectivity index (χ2v) is 3.83. The van der Waals surface area contributed by atoms with Crippen molar-refractivity contribution in [2.45, 2.75) is 13.3 Å². The van der Waals surface area contributed by atoms with Gasteiger partial charge in [0.1, 0.15) is 12.1 Å². The number of benzene rings is 1. The molecule has 0 unspecified atom stereocenters. The molecule has 0 bridgehead atoms. The lowest BCUT2D eigenvalue weighted by atomic mass is 10.2. The van der Waals surface area contributed by atoms with Gasteiger partial charge < -0.3 is 10.2 Å². The molecule has 0 aliphatic carbocycles. The van der Waals surface area contributed by atoms with E-state index in [0.29, 0.717) is 17.8 Å². The summed E-state index contributed by atoms with van der Waals surface area (Å²) in [5, 5.41) is 11.0. The summed E-state index contributed by atoms with van der Waals surface area (Å²) in [7, 11) is 0. The van der Waals surface area contributed by atoms with Gasteiger partial charge in [-0.05, 0) is 12.5 Å². The first-order valence-electron chi connectivity index (χ1n) is 5.89. The second-order valence-electron chi connectivity index (χ2n) is 3.83. The zero-order valence-electron chi connectivity index (χ0n) is 10.7. The topological polar surface area (TPSA) is 116 Å². The van der Waals surface area contributed by atoms with Crippen molar-refractivity contribution in [2.24, 2.45) is 5.84 Å². The third kappa shape index (κ3) is 2.64. The molecule has 8 heteroatoms. The van der Waals surface area contributed by atoms with Gasteiger partial charge in [0, 0.05) is 6.07 Å². The van der Waals surface area contributed by atoms with Gasteiger partial charge in [-0.15, -0.1) is 0 Å². The molecule has 20 heavy (non-hydrogen) atoms. The van der Waals surface area contributed by atoms with Crippen LogP contribution >= 0.6 is 0 Å². The maximum atomic E-state index is 11.0. The first kappa shape index (κ1) is 13.7. The summed E-state index contributed by atoms with van der Waals surface area (Å²) in [5.74, 6) is 6.15. The molecule has 0 radical (unpaired) electrons. The molecule has 0 aliphatic heterocycles. The van der Waals surface area contributed by atoms with E-state index in [1.807, 2.05) is 6.92 Å². The molecule has 2 aromatic rings. The molecule has 0 saturated heterocycles. The molecule has 0 fully saturated rings. The van der Waals surface area contributed by atoms with Crippen LogP contribution in [0, 0.1) is 10.1 Å². The Labute approximate surface area is 114 Å². The Bertz CT molecular complexity index is 632. The van der Waals surface area contributed by atoms with Crippen molar-refractivity contribution >= 4 is 11.5 Å². The first-order valence-corrected chi connectivity index (χ1v) is 5.89. The molecule has 1 heterocycles. The van der Waals surface area contributed by atoms with Crippen LogP contribution in [-0.4, -0.2) is 14.9 Å².